The second-order valence-corrected chi connectivity index (χ2v) is 4.92. The number of carbonyl (C=O) groups excluding carboxylic acids is 2. The highest BCUT2D eigenvalue weighted by atomic mass is 16.4. The van der Waals surface area contributed by atoms with Crippen LogP contribution in [0.4, 0.5) is 0 Å². The summed E-state index contributed by atoms with van der Waals surface area (Å²) in [4.78, 5) is 38.6. The first-order valence-corrected chi connectivity index (χ1v) is 6.53. The third-order valence-electron chi connectivity index (χ3n) is 3.57. The van der Waals surface area contributed by atoms with Crippen LogP contribution in [0.1, 0.15) is 34.8 Å². The number of rotatable bonds is 2. The van der Waals surface area contributed by atoms with Crippen LogP contribution in [-0.4, -0.2) is 27.9 Å². The Labute approximate surface area is 119 Å². The normalized spacial score (nSPS) is 18.6. The predicted molar refractivity (Wildman–Crippen MR) is 73.8 cm³/mol. The minimum absolute atomic E-state index is 0.0987. The molecular formula is C15H12N2O4. The van der Waals surface area contributed by atoms with Crippen LogP contribution in [0, 0.1) is 0 Å². The van der Waals surface area contributed by atoms with Gasteiger partial charge in [0.2, 0.25) is 11.8 Å². The number of aromatic nitrogens is 1. The number of carboxylic acids is 1. The van der Waals surface area contributed by atoms with E-state index in [1.807, 2.05) is 0 Å². The van der Waals surface area contributed by atoms with E-state index in [0.29, 0.717) is 23.0 Å². The Kier molecular flexibility index (Phi) is 3.13. The Morgan fingerprint density at radius 1 is 1.24 bits per heavy atom. The number of para-hydroxylation sites is 1. The molecule has 2 N–H and O–H groups in total. The number of carbonyl (C=O) groups is 3. The van der Waals surface area contributed by atoms with E-state index in [1.165, 1.54) is 6.07 Å². The first kappa shape index (κ1) is 13.2. The first-order chi connectivity index (χ1) is 10.1. The molecule has 2 heterocycles. The van der Waals surface area contributed by atoms with Gasteiger partial charge in [0.25, 0.3) is 0 Å². The monoisotopic (exact) mass is 284 g/mol. The van der Waals surface area contributed by atoms with Gasteiger partial charge in [-0.3, -0.25) is 19.9 Å². The molecule has 1 saturated heterocycles. The summed E-state index contributed by atoms with van der Waals surface area (Å²) in [6.07, 6.45) is 0.648. The molecule has 1 aromatic carbocycles. The third kappa shape index (κ3) is 2.35. The molecule has 0 aliphatic carbocycles. The number of nitrogens with zero attached hydrogens (tertiary/aromatic N) is 1. The fraction of sp³-hybridized carbons (Fsp3) is 0.200. The number of hydrogen-bond donors (Lipinski definition) is 2. The van der Waals surface area contributed by atoms with Gasteiger partial charge in [0, 0.05) is 11.8 Å². The summed E-state index contributed by atoms with van der Waals surface area (Å²) in [5.74, 6) is -2.25. The van der Waals surface area contributed by atoms with Gasteiger partial charge < -0.3 is 5.11 Å². The summed E-state index contributed by atoms with van der Waals surface area (Å²) >= 11 is 0. The zero-order valence-electron chi connectivity index (χ0n) is 11.0. The van der Waals surface area contributed by atoms with Crippen molar-refractivity contribution in [2.24, 2.45) is 0 Å². The largest absolute Gasteiger partial charge is 0.478 e. The predicted octanol–water partition coefficient (Wildman–Crippen LogP) is 1.45. The number of fused-ring (bicyclic) bond motifs is 1. The van der Waals surface area contributed by atoms with E-state index in [0.717, 1.165) is 0 Å². The van der Waals surface area contributed by atoms with Gasteiger partial charge in [0.1, 0.15) is 0 Å². The molecule has 106 valence electrons. The molecule has 1 aliphatic rings. The quantitative estimate of drug-likeness (QED) is 0.814. The average Bonchev–Trinajstić information content (AvgIpc) is 2.46. The number of carboxylic acid groups (broad SMARTS) is 1. The summed E-state index contributed by atoms with van der Waals surface area (Å²) in [7, 11) is 0. The van der Waals surface area contributed by atoms with E-state index >= 15 is 0 Å². The molecule has 1 unspecified atom stereocenters. The van der Waals surface area contributed by atoms with E-state index in [-0.39, 0.29) is 23.8 Å². The Balaban J connectivity index is 2.08. The van der Waals surface area contributed by atoms with Gasteiger partial charge in [0.05, 0.1) is 22.7 Å². The minimum atomic E-state index is -1.06. The summed E-state index contributed by atoms with van der Waals surface area (Å²) in [6, 6.07) is 8.34. The number of aromatic carboxylic acids is 1. The van der Waals surface area contributed by atoms with Crippen LogP contribution in [0.2, 0.25) is 0 Å². The van der Waals surface area contributed by atoms with Crippen molar-refractivity contribution < 1.29 is 19.5 Å². The molecule has 0 bridgehead atoms. The molecule has 1 aliphatic heterocycles. The van der Waals surface area contributed by atoms with E-state index in [1.54, 1.807) is 24.3 Å². The van der Waals surface area contributed by atoms with E-state index in [9.17, 15) is 19.5 Å². The van der Waals surface area contributed by atoms with Gasteiger partial charge in [-0.15, -0.1) is 0 Å². The summed E-state index contributed by atoms with van der Waals surface area (Å²) in [6.45, 7) is 0. The molecule has 0 spiro atoms. The molecule has 3 rings (SSSR count). The van der Waals surface area contributed by atoms with E-state index in [2.05, 4.69) is 10.3 Å². The van der Waals surface area contributed by atoms with Crippen LogP contribution in [0.5, 0.6) is 0 Å². The van der Waals surface area contributed by atoms with Crippen molar-refractivity contribution in [1.82, 2.24) is 10.3 Å². The van der Waals surface area contributed by atoms with Crippen molar-refractivity contribution in [2.75, 3.05) is 0 Å². The summed E-state index contributed by atoms with van der Waals surface area (Å²) < 4.78 is 0. The molecule has 1 aromatic heterocycles. The second-order valence-electron chi connectivity index (χ2n) is 4.92. The number of benzene rings is 1. The van der Waals surface area contributed by atoms with Crippen LogP contribution in [0.15, 0.2) is 30.3 Å². The fourth-order valence-corrected chi connectivity index (χ4v) is 2.50. The standard InChI is InChI=1S/C15H12N2O4/c18-12-7-5-9(14(19)17-12)11-6-4-8-2-1-3-10(15(20)21)13(8)16-11/h1-4,6,9H,5,7H2,(H,20,21)(H,17,18,19). The highest BCUT2D eigenvalue weighted by Gasteiger charge is 2.29. The number of imide groups is 1. The third-order valence-corrected chi connectivity index (χ3v) is 3.57. The van der Waals surface area contributed by atoms with Gasteiger partial charge in [0.15, 0.2) is 0 Å². The highest BCUT2D eigenvalue weighted by molar-refractivity contribution is 6.03. The second kappa shape index (κ2) is 4.97. The lowest BCUT2D eigenvalue weighted by molar-refractivity contribution is -0.134. The van der Waals surface area contributed by atoms with Crippen molar-refractivity contribution in [3.63, 3.8) is 0 Å². The molecule has 1 fully saturated rings. The first-order valence-electron chi connectivity index (χ1n) is 6.53. The topological polar surface area (TPSA) is 96.4 Å². The number of piperidine rings is 1. The van der Waals surface area contributed by atoms with Gasteiger partial charge in [-0.05, 0) is 18.6 Å². The van der Waals surface area contributed by atoms with Gasteiger partial charge in [-0.2, -0.15) is 0 Å². The SMILES string of the molecule is O=C1CCC(c2ccc3cccc(C(=O)O)c3n2)C(=O)N1. The van der Waals surface area contributed by atoms with Gasteiger partial charge >= 0.3 is 5.97 Å². The lowest BCUT2D eigenvalue weighted by Gasteiger charge is -2.20. The van der Waals surface area contributed by atoms with E-state index < -0.39 is 11.9 Å². The molecular weight excluding hydrogens is 272 g/mol. The molecule has 1 atom stereocenters. The highest BCUT2D eigenvalue weighted by Crippen LogP contribution is 2.26. The zero-order valence-corrected chi connectivity index (χ0v) is 11.0. The molecule has 0 saturated carbocycles. The molecule has 21 heavy (non-hydrogen) atoms. The van der Waals surface area contributed by atoms with Crippen LogP contribution in [-0.2, 0) is 9.59 Å². The summed E-state index contributed by atoms with van der Waals surface area (Å²) in [5.41, 5.74) is 0.940. The number of amides is 2. The zero-order chi connectivity index (χ0) is 15.0. The Hall–Kier alpha value is -2.76. The average molecular weight is 284 g/mol. The maximum atomic E-state index is 11.9. The lowest BCUT2D eigenvalue weighted by Crippen LogP contribution is -2.39. The number of hydrogen-bond acceptors (Lipinski definition) is 4. The van der Waals surface area contributed by atoms with Crippen molar-refractivity contribution in [3.8, 4) is 0 Å². The smallest absolute Gasteiger partial charge is 0.337 e. The number of nitrogens with one attached hydrogen (secondary N) is 1. The van der Waals surface area contributed by atoms with Crippen LogP contribution >= 0.6 is 0 Å². The van der Waals surface area contributed by atoms with E-state index in [4.69, 9.17) is 0 Å². The summed E-state index contributed by atoms with van der Waals surface area (Å²) in [5, 5.41) is 12.2. The maximum Gasteiger partial charge on any atom is 0.337 e. The van der Waals surface area contributed by atoms with Gasteiger partial charge in [-0.1, -0.05) is 18.2 Å². The van der Waals surface area contributed by atoms with Crippen molar-refractivity contribution in [1.29, 1.82) is 0 Å². The molecule has 0 radical (unpaired) electrons. The van der Waals surface area contributed by atoms with Crippen molar-refractivity contribution in [3.05, 3.63) is 41.6 Å². The number of pyridine rings is 1. The van der Waals surface area contributed by atoms with Crippen LogP contribution in [0.25, 0.3) is 10.9 Å². The Bertz CT molecular complexity index is 769. The van der Waals surface area contributed by atoms with Crippen molar-refractivity contribution in [2.45, 2.75) is 18.8 Å². The van der Waals surface area contributed by atoms with Crippen LogP contribution in [0.3, 0.4) is 0 Å². The fourth-order valence-electron chi connectivity index (χ4n) is 2.50. The molecule has 6 heteroatoms. The maximum absolute atomic E-state index is 11.9. The van der Waals surface area contributed by atoms with Crippen LogP contribution < -0.4 is 5.32 Å². The van der Waals surface area contributed by atoms with Crippen molar-refractivity contribution >= 4 is 28.7 Å². The molecule has 2 amide bonds. The van der Waals surface area contributed by atoms with Gasteiger partial charge in [-0.25, -0.2) is 4.79 Å². The molecule has 6 nitrogen and oxygen atoms in total. The Morgan fingerprint density at radius 2 is 2.05 bits per heavy atom. The Morgan fingerprint density at radius 3 is 2.76 bits per heavy atom. The molecule has 2 aromatic rings. The minimum Gasteiger partial charge on any atom is -0.478 e. The lowest BCUT2D eigenvalue weighted by atomic mass is 9.93.